The van der Waals surface area contributed by atoms with Crippen molar-refractivity contribution >= 4 is 23.4 Å². The van der Waals surface area contributed by atoms with Crippen LogP contribution in [0.2, 0.25) is 0 Å². The Morgan fingerprint density at radius 2 is 2.25 bits per heavy atom. The van der Waals surface area contributed by atoms with Gasteiger partial charge in [-0.3, -0.25) is 9.80 Å². The Morgan fingerprint density at radius 3 is 2.90 bits per heavy atom. The molecule has 0 unspecified atom stereocenters. The highest BCUT2D eigenvalue weighted by Crippen LogP contribution is 2.24. The summed E-state index contributed by atoms with van der Waals surface area (Å²) in [6.07, 6.45) is 2.90. The first-order valence-electron chi connectivity index (χ1n) is 6.79. The molecule has 1 saturated heterocycles. The highest BCUT2D eigenvalue weighted by Gasteiger charge is 2.31. The highest BCUT2D eigenvalue weighted by atomic mass is 32.1. The van der Waals surface area contributed by atoms with Crippen LogP contribution in [0.5, 0.6) is 0 Å². The predicted molar refractivity (Wildman–Crippen MR) is 83.0 cm³/mol. The molecule has 2 heterocycles. The van der Waals surface area contributed by atoms with Gasteiger partial charge in [0, 0.05) is 42.7 Å². The highest BCUT2D eigenvalue weighted by molar-refractivity contribution is 7.10. The topological polar surface area (TPSA) is 43.8 Å². The summed E-state index contributed by atoms with van der Waals surface area (Å²) in [6.45, 7) is 8.58. The fourth-order valence-corrected chi connectivity index (χ4v) is 3.38. The third kappa shape index (κ3) is 3.69. The molecule has 1 aliphatic rings. The van der Waals surface area contributed by atoms with E-state index in [2.05, 4.69) is 30.7 Å². The Labute approximate surface area is 124 Å². The summed E-state index contributed by atoms with van der Waals surface area (Å²) >= 11 is 1.70. The van der Waals surface area contributed by atoms with Crippen LogP contribution < -0.4 is 0 Å². The average Bonchev–Trinajstić information content (AvgIpc) is 2.78. The summed E-state index contributed by atoms with van der Waals surface area (Å²) in [5.41, 5.74) is 1.21. The van der Waals surface area contributed by atoms with Crippen LogP contribution in [0.4, 0.5) is 0 Å². The Balaban J connectivity index is 2.04. The fourth-order valence-electron chi connectivity index (χ4n) is 2.47. The number of rotatable bonds is 4. The number of carbonyl (C=O) groups is 1. The Bertz CT molecular complexity index is 508. The molecular weight excluding hydrogens is 272 g/mol. The van der Waals surface area contributed by atoms with E-state index in [9.17, 15) is 4.79 Å². The maximum absolute atomic E-state index is 10.6. The lowest BCUT2D eigenvalue weighted by molar-refractivity contribution is -0.131. The quantitative estimate of drug-likeness (QED) is 0.866. The molecule has 110 valence electrons. The lowest BCUT2D eigenvalue weighted by Crippen LogP contribution is -2.57. The molecule has 0 aromatic carbocycles. The van der Waals surface area contributed by atoms with Gasteiger partial charge in [-0.2, -0.15) is 0 Å². The van der Waals surface area contributed by atoms with E-state index >= 15 is 0 Å². The summed E-state index contributed by atoms with van der Waals surface area (Å²) in [5.74, 6) is -0.900. The van der Waals surface area contributed by atoms with Crippen molar-refractivity contribution in [3.8, 4) is 0 Å². The Morgan fingerprint density at radius 1 is 1.50 bits per heavy atom. The molecule has 4 nitrogen and oxygen atoms in total. The van der Waals surface area contributed by atoms with Gasteiger partial charge in [0.05, 0.1) is 0 Å². The minimum atomic E-state index is -0.900. The molecule has 1 aliphatic heterocycles. The van der Waals surface area contributed by atoms with Crippen LogP contribution in [-0.2, 0) is 11.3 Å². The van der Waals surface area contributed by atoms with Crippen LogP contribution in [-0.4, -0.2) is 53.1 Å². The first-order valence-corrected chi connectivity index (χ1v) is 7.67. The molecule has 0 amide bonds. The molecule has 0 radical (unpaired) electrons. The Kier molecular flexibility index (Phi) is 4.62. The SMILES string of the molecule is CN1CCN(Cc2sccc2C=CC(=O)O)CC1(C)C. The van der Waals surface area contributed by atoms with Crippen molar-refractivity contribution in [3.05, 3.63) is 28.0 Å². The molecule has 1 N–H and O–H groups in total. The molecule has 0 bridgehead atoms. The summed E-state index contributed by atoms with van der Waals surface area (Å²) in [6, 6.07) is 1.99. The molecular formula is C15H22N2O2S. The number of aliphatic carboxylic acids is 1. The van der Waals surface area contributed by atoms with E-state index in [-0.39, 0.29) is 5.54 Å². The zero-order chi connectivity index (χ0) is 14.8. The largest absolute Gasteiger partial charge is 0.478 e. The smallest absolute Gasteiger partial charge is 0.328 e. The van der Waals surface area contributed by atoms with Gasteiger partial charge in [0.25, 0.3) is 0 Å². The van der Waals surface area contributed by atoms with E-state index < -0.39 is 5.97 Å². The van der Waals surface area contributed by atoms with Gasteiger partial charge >= 0.3 is 5.97 Å². The lowest BCUT2D eigenvalue weighted by Gasteiger charge is -2.45. The third-order valence-corrected chi connectivity index (χ3v) is 4.87. The van der Waals surface area contributed by atoms with Crippen LogP contribution in [0, 0.1) is 0 Å². The maximum Gasteiger partial charge on any atom is 0.328 e. The van der Waals surface area contributed by atoms with Crippen LogP contribution in [0.25, 0.3) is 6.08 Å². The summed E-state index contributed by atoms with van der Waals surface area (Å²) in [4.78, 5) is 16.7. The first kappa shape index (κ1) is 15.2. The van der Waals surface area contributed by atoms with E-state index in [4.69, 9.17) is 5.11 Å². The number of nitrogens with zero attached hydrogens (tertiary/aromatic N) is 2. The van der Waals surface area contributed by atoms with Crippen LogP contribution in [0.3, 0.4) is 0 Å². The second-order valence-electron chi connectivity index (χ2n) is 5.92. The number of carboxylic acid groups (broad SMARTS) is 1. The van der Waals surface area contributed by atoms with Crippen LogP contribution in [0.15, 0.2) is 17.5 Å². The van der Waals surface area contributed by atoms with Gasteiger partial charge in [0.15, 0.2) is 0 Å². The van der Waals surface area contributed by atoms with E-state index in [0.717, 1.165) is 31.7 Å². The maximum atomic E-state index is 10.6. The summed E-state index contributed by atoms with van der Waals surface area (Å²) < 4.78 is 0. The van der Waals surface area contributed by atoms with Crippen molar-refractivity contribution in [3.63, 3.8) is 0 Å². The monoisotopic (exact) mass is 294 g/mol. The third-order valence-electron chi connectivity index (χ3n) is 3.95. The number of likely N-dealkylation sites (N-methyl/N-ethyl adjacent to an activating group) is 1. The zero-order valence-corrected chi connectivity index (χ0v) is 13.1. The van der Waals surface area contributed by atoms with Gasteiger partial charge in [0.2, 0.25) is 0 Å². The van der Waals surface area contributed by atoms with E-state index in [1.54, 1.807) is 17.4 Å². The van der Waals surface area contributed by atoms with Crippen molar-refractivity contribution in [2.45, 2.75) is 25.9 Å². The lowest BCUT2D eigenvalue weighted by atomic mass is 9.99. The standard InChI is InChI=1S/C15H22N2O2S/c1-15(2)11-17(8-7-16(15)3)10-13-12(6-9-20-13)4-5-14(18)19/h4-6,9H,7-8,10-11H2,1-3H3,(H,18,19). The van der Waals surface area contributed by atoms with Gasteiger partial charge in [-0.25, -0.2) is 4.79 Å². The normalized spacial score (nSPS) is 20.6. The van der Waals surface area contributed by atoms with Crippen molar-refractivity contribution < 1.29 is 9.90 Å². The van der Waals surface area contributed by atoms with Gasteiger partial charge in [-0.15, -0.1) is 11.3 Å². The number of piperazine rings is 1. The number of hydrogen-bond donors (Lipinski definition) is 1. The van der Waals surface area contributed by atoms with E-state index in [1.165, 1.54) is 11.0 Å². The van der Waals surface area contributed by atoms with Crippen molar-refractivity contribution in [1.82, 2.24) is 9.80 Å². The average molecular weight is 294 g/mol. The molecule has 1 aromatic heterocycles. The molecule has 0 aliphatic carbocycles. The minimum absolute atomic E-state index is 0.187. The second-order valence-corrected chi connectivity index (χ2v) is 6.92. The van der Waals surface area contributed by atoms with Crippen molar-refractivity contribution in [2.75, 3.05) is 26.7 Å². The molecule has 0 spiro atoms. The predicted octanol–water partition coefficient (Wildman–Crippen LogP) is 2.37. The summed E-state index contributed by atoms with van der Waals surface area (Å²) in [7, 11) is 2.17. The van der Waals surface area contributed by atoms with Crippen LogP contribution in [0.1, 0.15) is 24.3 Å². The van der Waals surface area contributed by atoms with E-state index in [0.29, 0.717) is 0 Å². The molecule has 1 aromatic rings. The molecule has 5 heteroatoms. The zero-order valence-electron chi connectivity index (χ0n) is 12.3. The first-order chi connectivity index (χ1) is 9.38. The van der Waals surface area contributed by atoms with Gasteiger partial charge in [-0.1, -0.05) is 0 Å². The number of hydrogen-bond acceptors (Lipinski definition) is 4. The summed E-state index contributed by atoms with van der Waals surface area (Å²) in [5, 5.41) is 10.7. The van der Waals surface area contributed by atoms with Gasteiger partial charge in [-0.05, 0) is 44.0 Å². The molecule has 1 fully saturated rings. The van der Waals surface area contributed by atoms with Crippen molar-refractivity contribution in [2.24, 2.45) is 0 Å². The van der Waals surface area contributed by atoms with Gasteiger partial charge in [0.1, 0.15) is 0 Å². The Hall–Kier alpha value is -1.17. The van der Waals surface area contributed by atoms with Crippen molar-refractivity contribution in [1.29, 1.82) is 0 Å². The fraction of sp³-hybridized carbons (Fsp3) is 0.533. The van der Waals surface area contributed by atoms with Crippen LogP contribution >= 0.6 is 11.3 Å². The minimum Gasteiger partial charge on any atom is -0.478 e. The number of carboxylic acids is 1. The molecule has 0 atom stereocenters. The van der Waals surface area contributed by atoms with Gasteiger partial charge < -0.3 is 5.11 Å². The second kappa shape index (κ2) is 6.08. The van der Waals surface area contributed by atoms with E-state index in [1.807, 2.05) is 11.4 Å². The molecule has 2 rings (SSSR count). The molecule has 20 heavy (non-hydrogen) atoms. The molecule has 0 saturated carbocycles. The number of thiophene rings is 1.